The summed E-state index contributed by atoms with van der Waals surface area (Å²) in [5, 5.41) is 0. The van der Waals surface area contributed by atoms with Gasteiger partial charge in [0.15, 0.2) is 18.2 Å². The van der Waals surface area contributed by atoms with E-state index in [0.717, 1.165) is 16.7 Å². The van der Waals surface area contributed by atoms with Crippen molar-refractivity contribution in [1.29, 1.82) is 0 Å². The summed E-state index contributed by atoms with van der Waals surface area (Å²) in [6, 6.07) is 9.34. The molecule has 3 heteroatoms. The van der Waals surface area contributed by atoms with Crippen LogP contribution in [0.3, 0.4) is 0 Å². The number of benzene rings is 1. The lowest BCUT2D eigenvalue weighted by molar-refractivity contribution is -0.683. The third-order valence-corrected chi connectivity index (χ3v) is 3.27. The lowest BCUT2D eigenvalue weighted by Crippen LogP contribution is -2.38. The molecular formula is C17H18NO2+. The minimum atomic E-state index is -0.00156. The summed E-state index contributed by atoms with van der Waals surface area (Å²) in [6.45, 7) is 5.71. The number of nitrogens with zero attached hydrogens (tertiary/aromatic N) is 1. The number of carbonyl (C=O) groups excluding carboxylic acids is 2. The van der Waals surface area contributed by atoms with Crippen molar-refractivity contribution in [3.05, 3.63) is 65.0 Å². The highest BCUT2D eigenvalue weighted by Crippen LogP contribution is 2.11. The number of carbonyl (C=O) groups is 2. The van der Waals surface area contributed by atoms with Crippen LogP contribution in [0.1, 0.15) is 38.8 Å². The Kier molecular flexibility index (Phi) is 4.08. The molecule has 0 bridgehead atoms. The fourth-order valence-electron chi connectivity index (χ4n) is 2.21. The molecule has 0 radical (unpaired) electrons. The number of pyridine rings is 1. The molecular weight excluding hydrogens is 250 g/mol. The number of Topliss-reactive ketones (excluding diaryl/α,β-unsaturated/α-hetero) is 2. The second kappa shape index (κ2) is 5.78. The van der Waals surface area contributed by atoms with Crippen LogP contribution in [0.5, 0.6) is 0 Å². The molecule has 1 heterocycles. The molecule has 0 saturated carbocycles. The van der Waals surface area contributed by atoms with Crippen LogP contribution in [0, 0.1) is 13.8 Å². The molecule has 0 fully saturated rings. The maximum absolute atomic E-state index is 12.3. The first-order chi connectivity index (χ1) is 9.47. The van der Waals surface area contributed by atoms with Gasteiger partial charge in [-0.25, -0.2) is 0 Å². The van der Waals surface area contributed by atoms with Crippen LogP contribution >= 0.6 is 0 Å². The number of rotatable bonds is 4. The zero-order valence-corrected chi connectivity index (χ0v) is 12.0. The highest BCUT2D eigenvalue weighted by atomic mass is 16.1. The molecule has 2 rings (SSSR count). The fourth-order valence-corrected chi connectivity index (χ4v) is 2.21. The van der Waals surface area contributed by atoms with Crippen molar-refractivity contribution in [3.63, 3.8) is 0 Å². The average Bonchev–Trinajstić information content (AvgIpc) is 2.38. The van der Waals surface area contributed by atoms with Crippen LogP contribution in [-0.4, -0.2) is 11.6 Å². The lowest BCUT2D eigenvalue weighted by atomic mass is 10.0. The molecule has 0 aliphatic rings. The predicted octanol–water partition coefficient (Wildman–Crippen LogP) is 2.68. The van der Waals surface area contributed by atoms with Crippen molar-refractivity contribution in [1.82, 2.24) is 0 Å². The Bertz CT molecular complexity index is 674. The van der Waals surface area contributed by atoms with Crippen molar-refractivity contribution in [2.45, 2.75) is 27.3 Å². The first kappa shape index (κ1) is 14.1. The minimum absolute atomic E-state index is 0.00156. The zero-order valence-electron chi connectivity index (χ0n) is 12.0. The van der Waals surface area contributed by atoms with Crippen LogP contribution in [0.4, 0.5) is 0 Å². The van der Waals surface area contributed by atoms with Crippen molar-refractivity contribution in [2.75, 3.05) is 0 Å². The fraction of sp³-hybridized carbons (Fsp3) is 0.235. The summed E-state index contributed by atoms with van der Waals surface area (Å²) in [5.74, 6) is 0.0477. The molecule has 0 spiro atoms. The molecule has 2 aromatic rings. The van der Waals surface area contributed by atoms with Gasteiger partial charge in [0.05, 0.1) is 5.56 Å². The van der Waals surface area contributed by atoms with Gasteiger partial charge < -0.3 is 0 Å². The normalized spacial score (nSPS) is 10.3. The Labute approximate surface area is 118 Å². The monoisotopic (exact) mass is 268 g/mol. The zero-order chi connectivity index (χ0) is 14.7. The van der Waals surface area contributed by atoms with Gasteiger partial charge in [0.25, 0.3) is 0 Å². The molecule has 0 amide bonds. The SMILES string of the molecule is CC(=O)c1ccc[n+](CC(=O)c2ccc(C)cc2C)c1. The van der Waals surface area contributed by atoms with E-state index < -0.39 is 0 Å². The van der Waals surface area contributed by atoms with E-state index in [1.54, 1.807) is 29.1 Å². The Morgan fingerprint density at radius 3 is 2.55 bits per heavy atom. The topological polar surface area (TPSA) is 38.0 Å². The van der Waals surface area contributed by atoms with Crippen molar-refractivity contribution >= 4 is 11.6 Å². The van der Waals surface area contributed by atoms with Crippen LogP contribution in [-0.2, 0) is 6.54 Å². The molecule has 0 N–H and O–H groups in total. The second-order valence-corrected chi connectivity index (χ2v) is 5.06. The van der Waals surface area contributed by atoms with E-state index in [1.165, 1.54) is 6.92 Å². The van der Waals surface area contributed by atoms with Crippen molar-refractivity contribution in [3.8, 4) is 0 Å². The number of hydrogen-bond acceptors (Lipinski definition) is 2. The van der Waals surface area contributed by atoms with Crippen molar-refractivity contribution < 1.29 is 14.2 Å². The predicted molar refractivity (Wildman–Crippen MR) is 76.9 cm³/mol. The average molecular weight is 268 g/mol. The molecule has 102 valence electrons. The van der Waals surface area contributed by atoms with E-state index in [1.807, 2.05) is 32.0 Å². The van der Waals surface area contributed by atoms with Gasteiger partial charge >= 0.3 is 0 Å². The van der Waals surface area contributed by atoms with E-state index >= 15 is 0 Å². The summed E-state index contributed by atoms with van der Waals surface area (Å²) in [6.07, 6.45) is 3.51. The number of aromatic nitrogens is 1. The maximum atomic E-state index is 12.3. The van der Waals surface area contributed by atoms with Crippen LogP contribution in [0.2, 0.25) is 0 Å². The molecule has 0 aliphatic carbocycles. The first-order valence-electron chi connectivity index (χ1n) is 6.58. The standard InChI is InChI=1S/C17H18NO2/c1-12-6-7-16(13(2)9-12)17(20)11-18-8-4-5-15(10-18)14(3)19/h4-10H,11H2,1-3H3/q+1. The molecule has 0 saturated heterocycles. The smallest absolute Gasteiger partial charge is 0.227 e. The van der Waals surface area contributed by atoms with Gasteiger partial charge in [0.1, 0.15) is 0 Å². The van der Waals surface area contributed by atoms with Gasteiger partial charge in [0, 0.05) is 11.6 Å². The highest BCUT2D eigenvalue weighted by Gasteiger charge is 2.15. The molecule has 1 aromatic carbocycles. The third kappa shape index (κ3) is 3.18. The van der Waals surface area contributed by atoms with E-state index in [9.17, 15) is 9.59 Å². The van der Waals surface area contributed by atoms with E-state index in [0.29, 0.717) is 5.56 Å². The van der Waals surface area contributed by atoms with Gasteiger partial charge in [-0.15, -0.1) is 0 Å². The molecule has 20 heavy (non-hydrogen) atoms. The van der Waals surface area contributed by atoms with E-state index in [2.05, 4.69) is 0 Å². The van der Waals surface area contributed by atoms with Crippen LogP contribution in [0.25, 0.3) is 0 Å². The van der Waals surface area contributed by atoms with Crippen LogP contribution < -0.4 is 4.57 Å². The Balaban J connectivity index is 2.23. The summed E-state index contributed by atoms with van der Waals surface area (Å²) in [5.41, 5.74) is 3.47. The minimum Gasteiger partial charge on any atom is -0.294 e. The highest BCUT2D eigenvalue weighted by molar-refractivity contribution is 5.96. The summed E-state index contributed by atoms with van der Waals surface area (Å²) >= 11 is 0. The van der Waals surface area contributed by atoms with Gasteiger partial charge in [-0.2, -0.15) is 4.57 Å². The molecule has 0 unspecified atom stereocenters. The largest absolute Gasteiger partial charge is 0.294 e. The summed E-state index contributed by atoms with van der Waals surface area (Å²) in [4.78, 5) is 23.7. The first-order valence-corrected chi connectivity index (χ1v) is 6.58. The molecule has 1 aromatic heterocycles. The van der Waals surface area contributed by atoms with Gasteiger partial charge in [-0.1, -0.05) is 23.8 Å². The van der Waals surface area contributed by atoms with Crippen molar-refractivity contribution in [2.24, 2.45) is 0 Å². The van der Waals surface area contributed by atoms with Gasteiger partial charge in [-0.3, -0.25) is 9.59 Å². The number of ketones is 2. The summed E-state index contributed by atoms with van der Waals surface area (Å²) < 4.78 is 1.75. The molecule has 3 nitrogen and oxygen atoms in total. The number of aryl methyl sites for hydroxylation is 2. The maximum Gasteiger partial charge on any atom is 0.227 e. The number of hydrogen-bond donors (Lipinski definition) is 0. The second-order valence-electron chi connectivity index (χ2n) is 5.06. The van der Waals surface area contributed by atoms with E-state index in [-0.39, 0.29) is 18.1 Å². The van der Waals surface area contributed by atoms with Gasteiger partial charge in [0.2, 0.25) is 12.3 Å². The third-order valence-electron chi connectivity index (χ3n) is 3.27. The summed E-state index contributed by atoms with van der Waals surface area (Å²) in [7, 11) is 0. The quantitative estimate of drug-likeness (QED) is 0.631. The Morgan fingerprint density at radius 1 is 1.15 bits per heavy atom. The molecule has 0 aliphatic heterocycles. The lowest BCUT2D eigenvalue weighted by Gasteiger charge is -2.04. The van der Waals surface area contributed by atoms with Gasteiger partial charge in [-0.05, 0) is 32.4 Å². The van der Waals surface area contributed by atoms with Crippen LogP contribution in [0.15, 0.2) is 42.7 Å². The Hall–Kier alpha value is -2.29. The Morgan fingerprint density at radius 2 is 1.90 bits per heavy atom. The molecule has 0 atom stereocenters. The van der Waals surface area contributed by atoms with E-state index in [4.69, 9.17) is 0 Å².